The molecular formula is C21H20ClFN4O4S2. The lowest BCUT2D eigenvalue weighted by Crippen LogP contribution is -2.57. The van der Waals surface area contributed by atoms with Gasteiger partial charge in [-0.1, -0.05) is 23.7 Å². The fourth-order valence-corrected chi connectivity index (χ4v) is 6.00. The first kappa shape index (κ1) is 23.6. The van der Waals surface area contributed by atoms with Gasteiger partial charge in [-0.3, -0.25) is 4.79 Å². The zero-order valence-corrected chi connectivity index (χ0v) is 19.8. The van der Waals surface area contributed by atoms with Crippen molar-refractivity contribution in [3.05, 3.63) is 75.5 Å². The van der Waals surface area contributed by atoms with Gasteiger partial charge in [0.05, 0.1) is 18.2 Å². The van der Waals surface area contributed by atoms with E-state index >= 15 is 0 Å². The molecule has 4 rings (SSSR count). The summed E-state index contributed by atoms with van der Waals surface area (Å²) in [7, 11) is -2.51. The monoisotopic (exact) mass is 510 g/mol. The lowest BCUT2D eigenvalue weighted by atomic mass is 10.1. The van der Waals surface area contributed by atoms with Crippen LogP contribution < -0.4 is 14.8 Å². The zero-order chi connectivity index (χ0) is 23.6. The van der Waals surface area contributed by atoms with Crippen molar-refractivity contribution in [2.45, 2.75) is 25.0 Å². The quantitative estimate of drug-likeness (QED) is 0.526. The van der Waals surface area contributed by atoms with Gasteiger partial charge in [-0.2, -0.15) is 17.4 Å². The Morgan fingerprint density at radius 1 is 1.33 bits per heavy atom. The van der Waals surface area contributed by atoms with Crippen molar-refractivity contribution in [1.29, 1.82) is 0 Å². The number of nitrogens with one attached hydrogen (secondary N) is 2. The van der Waals surface area contributed by atoms with E-state index in [0.29, 0.717) is 16.3 Å². The van der Waals surface area contributed by atoms with Crippen LogP contribution >= 0.6 is 22.9 Å². The first-order valence-corrected chi connectivity index (χ1v) is 12.5. The molecule has 1 fully saturated rings. The molecule has 1 aliphatic heterocycles. The van der Waals surface area contributed by atoms with Crippen LogP contribution in [-0.2, 0) is 21.5 Å². The molecule has 2 aromatic carbocycles. The second-order valence-corrected chi connectivity index (χ2v) is 10.3. The number of methoxy groups -OCH3 is 1. The summed E-state index contributed by atoms with van der Waals surface area (Å²) < 4.78 is 48.8. The third-order valence-corrected chi connectivity index (χ3v) is 7.91. The summed E-state index contributed by atoms with van der Waals surface area (Å²) in [5.74, 6) is -0.549. The lowest BCUT2D eigenvalue weighted by molar-refractivity contribution is -0.120. The number of thiazole rings is 1. The molecule has 1 amide bonds. The number of ether oxygens (including phenoxy) is 1. The Hall–Kier alpha value is -2.57. The summed E-state index contributed by atoms with van der Waals surface area (Å²) in [6.07, 6.45) is 1.73. The summed E-state index contributed by atoms with van der Waals surface area (Å²) in [6, 6.07) is 8.96. The zero-order valence-electron chi connectivity index (χ0n) is 17.4. The van der Waals surface area contributed by atoms with Crippen molar-refractivity contribution >= 4 is 44.7 Å². The van der Waals surface area contributed by atoms with Gasteiger partial charge >= 0.3 is 0 Å². The summed E-state index contributed by atoms with van der Waals surface area (Å²) in [4.78, 5) is 17.4. The maximum Gasteiger partial charge on any atom is 0.281 e. The van der Waals surface area contributed by atoms with Crippen LogP contribution in [0.2, 0.25) is 5.02 Å². The molecule has 8 nitrogen and oxygen atoms in total. The normalized spacial score (nSPS) is 20.3. The van der Waals surface area contributed by atoms with E-state index in [2.05, 4.69) is 15.0 Å². The van der Waals surface area contributed by atoms with Crippen LogP contribution in [-0.4, -0.2) is 36.8 Å². The van der Waals surface area contributed by atoms with E-state index in [1.165, 1.54) is 30.6 Å². The SMILES string of the molecule is COc1ccc(CN2C(C(=O)Nc3ccc(F)c(Cl)c3)CC(c3nccs3)NS2(=O)=O)cc1. The van der Waals surface area contributed by atoms with Gasteiger partial charge in [0.15, 0.2) is 0 Å². The van der Waals surface area contributed by atoms with Gasteiger partial charge in [-0.05, 0) is 42.3 Å². The highest BCUT2D eigenvalue weighted by Gasteiger charge is 2.43. The van der Waals surface area contributed by atoms with Crippen LogP contribution in [0.1, 0.15) is 23.0 Å². The number of anilines is 1. The molecule has 3 aromatic rings. The van der Waals surface area contributed by atoms with Crippen LogP contribution in [0.15, 0.2) is 54.0 Å². The van der Waals surface area contributed by atoms with Crippen LogP contribution in [0, 0.1) is 5.82 Å². The molecule has 33 heavy (non-hydrogen) atoms. The summed E-state index contributed by atoms with van der Waals surface area (Å²) in [6.45, 7) is -0.0355. The van der Waals surface area contributed by atoms with Crippen LogP contribution in [0.25, 0.3) is 0 Å². The topological polar surface area (TPSA) is 101 Å². The largest absolute Gasteiger partial charge is 0.497 e. The highest BCUT2D eigenvalue weighted by Crippen LogP contribution is 2.32. The fourth-order valence-electron chi connectivity index (χ4n) is 3.51. The first-order valence-electron chi connectivity index (χ1n) is 9.84. The van der Waals surface area contributed by atoms with Crippen LogP contribution in [0.4, 0.5) is 10.1 Å². The lowest BCUT2D eigenvalue weighted by Gasteiger charge is -2.37. The molecule has 0 aliphatic carbocycles. The summed E-state index contributed by atoms with van der Waals surface area (Å²) in [5.41, 5.74) is 0.939. The van der Waals surface area contributed by atoms with Crippen molar-refractivity contribution in [2.75, 3.05) is 12.4 Å². The molecule has 1 aromatic heterocycles. The summed E-state index contributed by atoms with van der Waals surface area (Å²) >= 11 is 7.12. The van der Waals surface area contributed by atoms with Crippen molar-refractivity contribution < 1.29 is 22.3 Å². The van der Waals surface area contributed by atoms with E-state index in [4.69, 9.17) is 16.3 Å². The fraction of sp³-hybridized carbons (Fsp3) is 0.238. The van der Waals surface area contributed by atoms with Crippen molar-refractivity contribution in [2.24, 2.45) is 0 Å². The number of hydrogen-bond donors (Lipinski definition) is 2. The number of aromatic nitrogens is 1. The molecule has 2 heterocycles. The summed E-state index contributed by atoms with van der Waals surface area (Å²) in [5, 5.41) is 4.80. The molecule has 0 radical (unpaired) electrons. The Kier molecular flexibility index (Phi) is 6.96. The standard InChI is InChI=1S/C21H20ClFN4O4S2/c1-31-15-5-2-13(3-6-15)12-27-19(20(28)25-14-4-7-17(23)16(22)10-14)11-18(26-33(27,29)30)21-24-8-9-32-21/h2-10,18-19,26H,11-12H2,1H3,(H,25,28). The molecule has 1 saturated heterocycles. The molecule has 0 bridgehead atoms. The minimum Gasteiger partial charge on any atom is -0.497 e. The molecule has 1 aliphatic rings. The Bertz CT molecular complexity index is 1240. The Labute approximate surface area is 199 Å². The molecule has 2 unspecified atom stereocenters. The predicted molar refractivity (Wildman–Crippen MR) is 124 cm³/mol. The molecular weight excluding hydrogens is 491 g/mol. The predicted octanol–water partition coefficient (Wildman–Crippen LogP) is 3.73. The number of carbonyl (C=O) groups excluding carboxylic acids is 1. The van der Waals surface area contributed by atoms with Crippen molar-refractivity contribution in [3.63, 3.8) is 0 Å². The molecule has 2 N–H and O–H groups in total. The number of halogens is 2. The third-order valence-electron chi connectivity index (χ3n) is 5.14. The van der Waals surface area contributed by atoms with E-state index in [-0.39, 0.29) is 23.7 Å². The smallest absolute Gasteiger partial charge is 0.281 e. The maximum atomic E-state index is 13.5. The third kappa shape index (κ3) is 5.33. The first-order chi connectivity index (χ1) is 15.8. The molecule has 174 valence electrons. The molecule has 0 spiro atoms. The maximum absolute atomic E-state index is 13.5. The average molecular weight is 511 g/mol. The van der Waals surface area contributed by atoms with Crippen molar-refractivity contribution in [3.8, 4) is 5.75 Å². The Balaban J connectivity index is 1.64. The second kappa shape index (κ2) is 9.74. The van der Waals surface area contributed by atoms with Crippen LogP contribution in [0.5, 0.6) is 5.75 Å². The second-order valence-electron chi connectivity index (χ2n) is 7.31. The van der Waals surface area contributed by atoms with Gasteiger partial charge in [-0.15, -0.1) is 11.3 Å². The van der Waals surface area contributed by atoms with Gasteiger partial charge in [0.2, 0.25) is 5.91 Å². The van der Waals surface area contributed by atoms with Crippen molar-refractivity contribution in [1.82, 2.24) is 14.0 Å². The van der Waals surface area contributed by atoms with E-state index in [1.807, 2.05) is 0 Å². The van der Waals surface area contributed by atoms with E-state index in [1.54, 1.807) is 35.8 Å². The minimum absolute atomic E-state index is 0.0355. The number of amides is 1. The number of rotatable bonds is 6. The highest BCUT2D eigenvalue weighted by molar-refractivity contribution is 7.87. The van der Waals surface area contributed by atoms with Gasteiger partial charge in [0.1, 0.15) is 22.6 Å². The van der Waals surface area contributed by atoms with Gasteiger partial charge < -0.3 is 10.1 Å². The van der Waals surface area contributed by atoms with E-state index in [9.17, 15) is 17.6 Å². The number of carbonyl (C=O) groups is 1. The molecule has 12 heteroatoms. The molecule has 2 atom stereocenters. The van der Waals surface area contributed by atoms with E-state index in [0.717, 1.165) is 10.4 Å². The van der Waals surface area contributed by atoms with E-state index < -0.39 is 34.0 Å². The van der Waals surface area contributed by atoms with Gasteiger partial charge in [0, 0.05) is 23.8 Å². The number of hydrogen-bond acceptors (Lipinski definition) is 6. The van der Waals surface area contributed by atoms with Crippen LogP contribution in [0.3, 0.4) is 0 Å². The Morgan fingerprint density at radius 3 is 2.73 bits per heavy atom. The Morgan fingerprint density at radius 2 is 2.09 bits per heavy atom. The van der Waals surface area contributed by atoms with Gasteiger partial charge in [-0.25, -0.2) is 9.37 Å². The number of nitrogens with zero attached hydrogens (tertiary/aromatic N) is 2. The highest BCUT2D eigenvalue weighted by atomic mass is 35.5. The average Bonchev–Trinajstić information content (AvgIpc) is 3.33. The molecule has 0 saturated carbocycles. The minimum atomic E-state index is -4.04. The number of benzene rings is 2. The van der Waals surface area contributed by atoms with Gasteiger partial charge in [0.25, 0.3) is 10.2 Å².